The SMILES string of the molecule is CN=C(NCc1ccc(S(=O)(=O)N(C)C)s1)NCC1(c2ccccc2)CCC1.I. The summed E-state index contributed by atoms with van der Waals surface area (Å²) in [6, 6.07) is 14.2. The fourth-order valence-electron chi connectivity index (χ4n) is 3.38. The molecule has 0 spiro atoms. The highest BCUT2D eigenvalue weighted by molar-refractivity contribution is 14.0. The first kappa shape index (κ1) is 24.1. The number of nitrogens with zero attached hydrogens (tertiary/aromatic N) is 2. The van der Waals surface area contributed by atoms with E-state index in [4.69, 9.17) is 0 Å². The molecule has 0 radical (unpaired) electrons. The van der Waals surface area contributed by atoms with Crippen LogP contribution >= 0.6 is 35.3 Å². The first-order valence-corrected chi connectivity index (χ1v) is 11.6. The number of halogens is 1. The van der Waals surface area contributed by atoms with Gasteiger partial charge in [-0.3, -0.25) is 4.99 Å². The largest absolute Gasteiger partial charge is 0.356 e. The lowest BCUT2D eigenvalue weighted by Gasteiger charge is -2.43. The summed E-state index contributed by atoms with van der Waals surface area (Å²) < 4.78 is 26.0. The third-order valence-corrected chi connectivity index (χ3v) is 8.68. The molecule has 0 amide bonds. The monoisotopic (exact) mass is 548 g/mol. The minimum absolute atomic E-state index is 0. The maximum absolute atomic E-state index is 12.2. The van der Waals surface area contributed by atoms with Crippen LogP contribution < -0.4 is 10.6 Å². The Morgan fingerprint density at radius 1 is 1.14 bits per heavy atom. The Morgan fingerprint density at radius 3 is 2.38 bits per heavy atom. The summed E-state index contributed by atoms with van der Waals surface area (Å²) in [6.45, 7) is 1.37. The molecule has 0 unspecified atom stereocenters. The summed E-state index contributed by atoms with van der Waals surface area (Å²) in [4.78, 5) is 5.26. The number of sulfonamides is 1. The molecule has 29 heavy (non-hydrogen) atoms. The van der Waals surface area contributed by atoms with Gasteiger partial charge in [0.2, 0.25) is 0 Å². The van der Waals surface area contributed by atoms with Gasteiger partial charge in [0.25, 0.3) is 10.0 Å². The van der Waals surface area contributed by atoms with E-state index in [2.05, 4.69) is 46.0 Å². The molecule has 2 aromatic rings. The van der Waals surface area contributed by atoms with E-state index >= 15 is 0 Å². The van der Waals surface area contributed by atoms with Crippen LogP contribution in [0.4, 0.5) is 0 Å². The number of aliphatic imine (C=N–C) groups is 1. The Bertz CT molecular complexity index is 923. The molecule has 0 saturated heterocycles. The Hall–Kier alpha value is -1.17. The number of guanidine groups is 1. The van der Waals surface area contributed by atoms with Gasteiger partial charge in [0.15, 0.2) is 5.96 Å². The number of hydrogen-bond donors (Lipinski definition) is 2. The highest BCUT2D eigenvalue weighted by Gasteiger charge is 2.38. The molecule has 1 fully saturated rings. The molecule has 6 nitrogen and oxygen atoms in total. The Balaban J connectivity index is 0.00000300. The van der Waals surface area contributed by atoms with E-state index in [1.807, 2.05) is 6.07 Å². The summed E-state index contributed by atoms with van der Waals surface area (Å²) in [6.07, 6.45) is 3.61. The molecular formula is C20H29IN4O2S2. The van der Waals surface area contributed by atoms with Gasteiger partial charge in [-0.25, -0.2) is 12.7 Å². The summed E-state index contributed by atoms with van der Waals surface area (Å²) >= 11 is 1.28. The van der Waals surface area contributed by atoms with Gasteiger partial charge < -0.3 is 10.6 Å². The average Bonchev–Trinajstić information content (AvgIpc) is 3.14. The third kappa shape index (κ3) is 5.50. The second-order valence-corrected chi connectivity index (χ2v) is 10.8. The maximum atomic E-state index is 12.2. The molecule has 1 heterocycles. The highest BCUT2D eigenvalue weighted by atomic mass is 127. The van der Waals surface area contributed by atoms with Gasteiger partial charge in [0, 0.05) is 38.0 Å². The van der Waals surface area contributed by atoms with Crippen molar-refractivity contribution in [2.75, 3.05) is 27.7 Å². The van der Waals surface area contributed by atoms with Crippen molar-refractivity contribution >= 4 is 51.3 Å². The molecule has 9 heteroatoms. The molecule has 3 rings (SSSR count). The molecule has 1 aromatic heterocycles. The van der Waals surface area contributed by atoms with Crippen molar-refractivity contribution in [3.63, 3.8) is 0 Å². The van der Waals surface area contributed by atoms with Crippen LogP contribution in [0.1, 0.15) is 29.7 Å². The minimum Gasteiger partial charge on any atom is -0.356 e. The second kappa shape index (κ2) is 10.2. The Kier molecular flexibility index (Phi) is 8.50. The number of nitrogens with one attached hydrogen (secondary N) is 2. The van der Waals surface area contributed by atoms with Gasteiger partial charge in [-0.1, -0.05) is 36.8 Å². The van der Waals surface area contributed by atoms with E-state index < -0.39 is 10.0 Å². The van der Waals surface area contributed by atoms with Crippen LogP contribution in [0, 0.1) is 0 Å². The van der Waals surface area contributed by atoms with Crippen LogP contribution in [-0.2, 0) is 22.0 Å². The van der Waals surface area contributed by atoms with E-state index in [-0.39, 0.29) is 29.4 Å². The van der Waals surface area contributed by atoms with Gasteiger partial charge in [-0.2, -0.15) is 0 Å². The van der Waals surface area contributed by atoms with Crippen molar-refractivity contribution in [1.29, 1.82) is 0 Å². The van der Waals surface area contributed by atoms with Crippen molar-refractivity contribution in [1.82, 2.24) is 14.9 Å². The van der Waals surface area contributed by atoms with E-state index in [1.54, 1.807) is 27.2 Å². The quantitative estimate of drug-likeness (QED) is 0.316. The zero-order valence-electron chi connectivity index (χ0n) is 17.0. The standard InChI is InChI=1S/C20H28N4O2S2.HI/c1-21-19(22-14-17-10-11-18(27-17)28(25,26)24(2)3)23-15-20(12-7-13-20)16-8-5-4-6-9-16;/h4-6,8-11H,7,12-15H2,1-3H3,(H2,21,22,23);1H. The lowest BCUT2D eigenvalue weighted by Crippen LogP contribution is -2.48. The maximum Gasteiger partial charge on any atom is 0.252 e. The van der Waals surface area contributed by atoms with Gasteiger partial charge >= 0.3 is 0 Å². The van der Waals surface area contributed by atoms with Crippen LogP contribution in [0.2, 0.25) is 0 Å². The smallest absolute Gasteiger partial charge is 0.252 e. The van der Waals surface area contributed by atoms with Crippen LogP contribution in [-0.4, -0.2) is 46.4 Å². The predicted octanol–water partition coefficient (Wildman–Crippen LogP) is 3.40. The van der Waals surface area contributed by atoms with E-state index in [9.17, 15) is 8.42 Å². The number of hydrogen-bond acceptors (Lipinski definition) is 4. The van der Waals surface area contributed by atoms with Gasteiger partial charge in [0.1, 0.15) is 4.21 Å². The first-order valence-electron chi connectivity index (χ1n) is 9.39. The molecule has 1 aliphatic rings. The number of thiophene rings is 1. The van der Waals surface area contributed by atoms with Crippen molar-refractivity contribution < 1.29 is 8.42 Å². The molecule has 1 saturated carbocycles. The molecule has 2 N–H and O–H groups in total. The fourth-order valence-corrected chi connectivity index (χ4v) is 5.84. The van der Waals surface area contributed by atoms with Gasteiger partial charge in [0.05, 0.1) is 6.54 Å². The van der Waals surface area contributed by atoms with Crippen molar-refractivity contribution in [2.45, 2.75) is 35.4 Å². The molecular weight excluding hydrogens is 519 g/mol. The van der Waals surface area contributed by atoms with Crippen LogP contribution in [0.25, 0.3) is 0 Å². The van der Waals surface area contributed by atoms with Crippen LogP contribution in [0.15, 0.2) is 51.7 Å². The zero-order chi connectivity index (χ0) is 20.2. The molecule has 0 aliphatic heterocycles. The third-order valence-electron chi connectivity index (χ3n) is 5.32. The second-order valence-electron chi connectivity index (χ2n) is 7.29. The van der Waals surface area contributed by atoms with Crippen molar-refractivity contribution in [3.05, 3.63) is 52.9 Å². The van der Waals surface area contributed by atoms with Gasteiger partial charge in [-0.05, 0) is 30.5 Å². The highest BCUT2D eigenvalue weighted by Crippen LogP contribution is 2.43. The average molecular weight is 549 g/mol. The summed E-state index contributed by atoms with van der Waals surface area (Å²) in [5.41, 5.74) is 1.55. The minimum atomic E-state index is -3.38. The normalized spacial score (nSPS) is 16.1. The Morgan fingerprint density at radius 2 is 1.83 bits per heavy atom. The fraction of sp³-hybridized carbons (Fsp3) is 0.450. The van der Waals surface area contributed by atoms with Crippen molar-refractivity contribution in [3.8, 4) is 0 Å². The number of rotatable bonds is 7. The lowest BCUT2D eigenvalue weighted by atomic mass is 9.64. The van der Waals surface area contributed by atoms with E-state index in [0.29, 0.717) is 10.8 Å². The van der Waals surface area contributed by atoms with E-state index in [1.165, 1.54) is 40.5 Å². The number of benzene rings is 1. The van der Waals surface area contributed by atoms with Crippen LogP contribution in [0.3, 0.4) is 0 Å². The Labute approximate surface area is 194 Å². The molecule has 1 aliphatic carbocycles. The predicted molar refractivity (Wildman–Crippen MR) is 131 cm³/mol. The molecule has 160 valence electrons. The van der Waals surface area contributed by atoms with E-state index in [0.717, 1.165) is 17.4 Å². The van der Waals surface area contributed by atoms with Gasteiger partial charge in [-0.15, -0.1) is 35.3 Å². The summed E-state index contributed by atoms with van der Waals surface area (Å²) in [5, 5.41) is 6.75. The first-order chi connectivity index (χ1) is 13.4. The molecule has 0 bridgehead atoms. The molecule has 1 aromatic carbocycles. The van der Waals surface area contributed by atoms with Crippen LogP contribution in [0.5, 0.6) is 0 Å². The zero-order valence-corrected chi connectivity index (χ0v) is 21.0. The topological polar surface area (TPSA) is 73.8 Å². The summed E-state index contributed by atoms with van der Waals surface area (Å²) in [7, 11) is 1.46. The van der Waals surface area contributed by atoms with Crippen molar-refractivity contribution in [2.24, 2.45) is 4.99 Å². The lowest BCUT2D eigenvalue weighted by molar-refractivity contribution is 0.244. The molecule has 0 atom stereocenters. The summed E-state index contributed by atoms with van der Waals surface area (Å²) in [5.74, 6) is 0.729.